The molecule has 3 unspecified atom stereocenters. The summed E-state index contributed by atoms with van der Waals surface area (Å²) in [6.07, 6.45) is 12.6. The van der Waals surface area contributed by atoms with Crippen molar-refractivity contribution in [2.24, 2.45) is 5.92 Å². The summed E-state index contributed by atoms with van der Waals surface area (Å²) >= 11 is 0. The van der Waals surface area contributed by atoms with E-state index in [-0.39, 0.29) is 12.2 Å². The van der Waals surface area contributed by atoms with Crippen LogP contribution in [-0.2, 0) is 9.47 Å². The molecular weight excluding hydrogens is 300 g/mol. The average molecular weight is 339 g/mol. The Bertz CT molecular complexity index is 352. The number of hydrogen-bond donors (Lipinski definition) is 1. The van der Waals surface area contributed by atoms with E-state index in [9.17, 15) is 0 Å². The SMILES string of the molecule is CCOC1C(CNC2CCC(N3CCCC3)CC2)CCCC1OC. The molecule has 0 aromatic heterocycles. The number of likely N-dealkylation sites (tertiary alicyclic amines) is 1. The minimum absolute atomic E-state index is 0.280. The van der Waals surface area contributed by atoms with Crippen molar-refractivity contribution in [2.45, 2.75) is 89.0 Å². The van der Waals surface area contributed by atoms with Crippen molar-refractivity contribution in [3.05, 3.63) is 0 Å². The van der Waals surface area contributed by atoms with Gasteiger partial charge in [-0.2, -0.15) is 0 Å². The van der Waals surface area contributed by atoms with Crippen LogP contribution in [0.2, 0.25) is 0 Å². The predicted octanol–water partition coefficient (Wildman–Crippen LogP) is 3.20. The number of nitrogens with zero attached hydrogens (tertiary/aromatic N) is 1. The van der Waals surface area contributed by atoms with E-state index in [1.807, 2.05) is 7.11 Å². The largest absolute Gasteiger partial charge is 0.379 e. The fourth-order valence-corrected chi connectivity index (χ4v) is 5.19. The van der Waals surface area contributed by atoms with Gasteiger partial charge in [-0.3, -0.25) is 0 Å². The maximum atomic E-state index is 6.05. The summed E-state index contributed by atoms with van der Waals surface area (Å²) in [4.78, 5) is 2.74. The smallest absolute Gasteiger partial charge is 0.0876 e. The fraction of sp³-hybridized carbons (Fsp3) is 1.00. The van der Waals surface area contributed by atoms with Crippen LogP contribution in [0.3, 0.4) is 0 Å². The summed E-state index contributed by atoms with van der Waals surface area (Å²) in [7, 11) is 1.84. The Morgan fingerprint density at radius 3 is 2.38 bits per heavy atom. The maximum absolute atomic E-state index is 6.05. The van der Waals surface area contributed by atoms with E-state index in [4.69, 9.17) is 9.47 Å². The lowest BCUT2D eigenvalue weighted by molar-refractivity contribution is -0.101. The third kappa shape index (κ3) is 4.72. The second kappa shape index (κ2) is 9.51. The monoisotopic (exact) mass is 338 g/mol. The topological polar surface area (TPSA) is 33.7 Å². The van der Waals surface area contributed by atoms with Gasteiger partial charge in [-0.1, -0.05) is 6.42 Å². The Morgan fingerprint density at radius 2 is 1.71 bits per heavy atom. The highest BCUT2D eigenvalue weighted by Gasteiger charge is 2.34. The molecule has 4 heteroatoms. The van der Waals surface area contributed by atoms with E-state index in [0.29, 0.717) is 12.0 Å². The van der Waals surface area contributed by atoms with Gasteiger partial charge in [-0.15, -0.1) is 0 Å². The van der Waals surface area contributed by atoms with Crippen LogP contribution in [-0.4, -0.2) is 62.5 Å². The summed E-state index contributed by atoms with van der Waals surface area (Å²) in [6.45, 7) is 6.69. The molecule has 3 rings (SSSR count). The molecule has 2 aliphatic carbocycles. The van der Waals surface area contributed by atoms with Gasteiger partial charge in [0.25, 0.3) is 0 Å². The van der Waals surface area contributed by atoms with Crippen LogP contribution in [0.4, 0.5) is 0 Å². The summed E-state index contributed by atoms with van der Waals surface area (Å²) in [5, 5.41) is 3.88. The summed E-state index contributed by atoms with van der Waals surface area (Å²) < 4.78 is 11.7. The minimum atomic E-state index is 0.280. The van der Waals surface area contributed by atoms with Gasteiger partial charge in [-0.05, 0) is 71.4 Å². The molecule has 0 aromatic carbocycles. The van der Waals surface area contributed by atoms with Crippen LogP contribution in [0.1, 0.15) is 64.7 Å². The molecule has 0 aromatic rings. The van der Waals surface area contributed by atoms with Crippen molar-refractivity contribution in [3.63, 3.8) is 0 Å². The standard InChI is InChI=1S/C20H38N2O2/c1-3-24-20-16(7-6-8-19(20)23-2)15-21-17-9-11-18(12-10-17)22-13-4-5-14-22/h16-21H,3-15H2,1-2H3. The summed E-state index contributed by atoms with van der Waals surface area (Å²) in [5.74, 6) is 0.611. The van der Waals surface area contributed by atoms with E-state index in [1.165, 1.54) is 64.5 Å². The highest BCUT2D eigenvalue weighted by molar-refractivity contribution is 4.88. The molecule has 3 aliphatic rings. The Balaban J connectivity index is 1.41. The first kappa shape index (κ1) is 18.6. The quantitative estimate of drug-likeness (QED) is 0.773. The lowest BCUT2D eigenvalue weighted by Gasteiger charge is -2.39. The second-order valence-electron chi connectivity index (χ2n) is 8.04. The zero-order valence-corrected chi connectivity index (χ0v) is 15.8. The van der Waals surface area contributed by atoms with E-state index < -0.39 is 0 Å². The number of ether oxygens (including phenoxy) is 2. The first-order valence-corrected chi connectivity index (χ1v) is 10.4. The Morgan fingerprint density at radius 1 is 0.958 bits per heavy atom. The molecule has 0 spiro atoms. The van der Waals surface area contributed by atoms with Crippen LogP contribution < -0.4 is 5.32 Å². The Kier molecular flexibility index (Phi) is 7.38. The van der Waals surface area contributed by atoms with E-state index in [1.54, 1.807) is 0 Å². The summed E-state index contributed by atoms with van der Waals surface area (Å²) in [5.41, 5.74) is 0. The first-order chi connectivity index (χ1) is 11.8. The molecule has 1 heterocycles. The molecular formula is C20H38N2O2. The third-order valence-corrected chi connectivity index (χ3v) is 6.58. The molecule has 0 radical (unpaired) electrons. The molecule has 1 N–H and O–H groups in total. The number of methoxy groups -OCH3 is 1. The average Bonchev–Trinajstić information content (AvgIpc) is 3.16. The molecule has 0 amide bonds. The van der Waals surface area contributed by atoms with Gasteiger partial charge in [0.1, 0.15) is 0 Å². The van der Waals surface area contributed by atoms with Crippen molar-refractivity contribution in [3.8, 4) is 0 Å². The molecule has 2 saturated carbocycles. The van der Waals surface area contributed by atoms with Gasteiger partial charge in [0.2, 0.25) is 0 Å². The van der Waals surface area contributed by atoms with Crippen LogP contribution in [0.15, 0.2) is 0 Å². The highest BCUT2D eigenvalue weighted by Crippen LogP contribution is 2.30. The van der Waals surface area contributed by atoms with Gasteiger partial charge in [0.05, 0.1) is 12.2 Å². The van der Waals surface area contributed by atoms with Crippen LogP contribution in [0.5, 0.6) is 0 Å². The molecule has 3 fully saturated rings. The van der Waals surface area contributed by atoms with Crippen LogP contribution >= 0.6 is 0 Å². The van der Waals surface area contributed by atoms with Gasteiger partial charge in [0, 0.05) is 38.3 Å². The molecule has 1 aliphatic heterocycles. The lowest BCUT2D eigenvalue weighted by Crippen LogP contribution is -2.48. The van der Waals surface area contributed by atoms with Crippen molar-refractivity contribution < 1.29 is 9.47 Å². The highest BCUT2D eigenvalue weighted by atomic mass is 16.5. The third-order valence-electron chi connectivity index (χ3n) is 6.58. The van der Waals surface area contributed by atoms with Crippen molar-refractivity contribution >= 4 is 0 Å². The zero-order valence-electron chi connectivity index (χ0n) is 15.8. The van der Waals surface area contributed by atoms with E-state index in [0.717, 1.165) is 25.6 Å². The first-order valence-electron chi connectivity index (χ1n) is 10.4. The van der Waals surface area contributed by atoms with Crippen LogP contribution in [0.25, 0.3) is 0 Å². The van der Waals surface area contributed by atoms with Gasteiger partial charge >= 0.3 is 0 Å². The number of rotatable bonds is 7. The zero-order chi connectivity index (χ0) is 16.8. The van der Waals surface area contributed by atoms with E-state index in [2.05, 4.69) is 17.1 Å². The van der Waals surface area contributed by atoms with Gasteiger partial charge in [0.15, 0.2) is 0 Å². The Labute approximate surface area is 148 Å². The van der Waals surface area contributed by atoms with Crippen LogP contribution in [0, 0.1) is 5.92 Å². The predicted molar refractivity (Wildman–Crippen MR) is 98.4 cm³/mol. The van der Waals surface area contributed by atoms with Crippen molar-refractivity contribution in [1.82, 2.24) is 10.2 Å². The normalized spacial score (nSPS) is 38.5. The molecule has 140 valence electrons. The Hall–Kier alpha value is -0.160. The maximum Gasteiger partial charge on any atom is 0.0876 e. The molecule has 0 bridgehead atoms. The molecule has 4 nitrogen and oxygen atoms in total. The van der Waals surface area contributed by atoms with Gasteiger partial charge in [-0.25, -0.2) is 0 Å². The number of nitrogens with one attached hydrogen (secondary N) is 1. The van der Waals surface area contributed by atoms with Crippen molar-refractivity contribution in [2.75, 3.05) is 33.4 Å². The molecule has 1 saturated heterocycles. The lowest BCUT2D eigenvalue weighted by atomic mass is 9.83. The molecule has 24 heavy (non-hydrogen) atoms. The fourth-order valence-electron chi connectivity index (χ4n) is 5.19. The van der Waals surface area contributed by atoms with Crippen molar-refractivity contribution in [1.29, 1.82) is 0 Å². The molecule has 3 atom stereocenters. The van der Waals surface area contributed by atoms with E-state index >= 15 is 0 Å². The van der Waals surface area contributed by atoms with Gasteiger partial charge < -0.3 is 19.7 Å². The minimum Gasteiger partial charge on any atom is -0.379 e. The second-order valence-corrected chi connectivity index (χ2v) is 8.04. The summed E-state index contributed by atoms with van der Waals surface area (Å²) in [6, 6.07) is 1.59. The number of hydrogen-bond acceptors (Lipinski definition) is 4.